The fourth-order valence-corrected chi connectivity index (χ4v) is 2.94. The van der Waals surface area contributed by atoms with E-state index >= 15 is 0 Å². The summed E-state index contributed by atoms with van der Waals surface area (Å²) in [6.07, 6.45) is -2.57. The third-order valence-corrected chi connectivity index (χ3v) is 4.48. The Morgan fingerprint density at radius 3 is 2.54 bits per heavy atom. The number of aryl methyl sites for hydroxylation is 1. The standard InChI is InChI=1S/C20H21F3N2O2.ClH/c1-13-5-6-16(12-18(13)27-17-7-9-24-10-8-17)25-19(26)14-3-2-4-15(11-14)20(21,22)23;/h2-6,11-12,17,24H,7-10H2,1H3,(H,25,26);1H. The minimum atomic E-state index is -4.49. The predicted octanol–water partition coefficient (Wildman–Crippen LogP) is 4.82. The Balaban J connectivity index is 0.00000280. The van der Waals surface area contributed by atoms with E-state index in [2.05, 4.69) is 10.6 Å². The van der Waals surface area contributed by atoms with Gasteiger partial charge in [0.05, 0.1) is 5.56 Å². The molecule has 0 aromatic heterocycles. The molecule has 0 atom stereocenters. The van der Waals surface area contributed by atoms with Gasteiger partial charge in [0.2, 0.25) is 0 Å². The van der Waals surface area contributed by atoms with Crippen LogP contribution in [0.25, 0.3) is 0 Å². The number of carbonyl (C=O) groups is 1. The van der Waals surface area contributed by atoms with Crippen molar-refractivity contribution < 1.29 is 22.7 Å². The van der Waals surface area contributed by atoms with Crippen molar-refractivity contribution in [3.63, 3.8) is 0 Å². The predicted molar refractivity (Wildman–Crippen MR) is 104 cm³/mol. The molecule has 0 radical (unpaired) electrons. The molecule has 0 unspecified atom stereocenters. The van der Waals surface area contributed by atoms with Gasteiger partial charge in [0.15, 0.2) is 0 Å². The van der Waals surface area contributed by atoms with Crippen molar-refractivity contribution in [1.29, 1.82) is 0 Å². The molecule has 2 aromatic carbocycles. The first-order valence-corrected chi connectivity index (χ1v) is 8.79. The second-order valence-corrected chi connectivity index (χ2v) is 6.58. The highest BCUT2D eigenvalue weighted by atomic mass is 35.5. The lowest BCUT2D eigenvalue weighted by molar-refractivity contribution is -0.137. The van der Waals surface area contributed by atoms with E-state index in [9.17, 15) is 18.0 Å². The summed E-state index contributed by atoms with van der Waals surface area (Å²) in [5, 5.41) is 5.91. The van der Waals surface area contributed by atoms with Crippen molar-refractivity contribution in [2.75, 3.05) is 18.4 Å². The van der Waals surface area contributed by atoms with Gasteiger partial charge in [-0.25, -0.2) is 0 Å². The molecule has 4 nitrogen and oxygen atoms in total. The van der Waals surface area contributed by atoms with Gasteiger partial charge in [-0.1, -0.05) is 12.1 Å². The summed E-state index contributed by atoms with van der Waals surface area (Å²) in [6, 6.07) is 9.59. The third-order valence-electron chi connectivity index (χ3n) is 4.48. The number of alkyl halides is 3. The quantitative estimate of drug-likeness (QED) is 0.754. The lowest BCUT2D eigenvalue weighted by Gasteiger charge is -2.25. The zero-order valence-corrected chi connectivity index (χ0v) is 16.1. The van der Waals surface area contributed by atoms with Crippen LogP contribution in [0, 0.1) is 6.92 Å². The first kappa shape index (κ1) is 22.0. The molecule has 0 bridgehead atoms. The molecule has 0 aliphatic carbocycles. The van der Waals surface area contributed by atoms with Crippen LogP contribution >= 0.6 is 12.4 Å². The average molecular weight is 415 g/mol. The van der Waals surface area contributed by atoms with Gasteiger partial charge in [-0.3, -0.25) is 4.79 Å². The van der Waals surface area contributed by atoms with E-state index in [1.165, 1.54) is 12.1 Å². The average Bonchev–Trinajstić information content (AvgIpc) is 2.65. The molecular weight excluding hydrogens is 393 g/mol. The fraction of sp³-hybridized carbons (Fsp3) is 0.350. The lowest BCUT2D eigenvalue weighted by atomic mass is 10.1. The summed E-state index contributed by atoms with van der Waals surface area (Å²) in [5.74, 6) is 0.0708. The van der Waals surface area contributed by atoms with Crippen molar-refractivity contribution in [3.05, 3.63) is 59.2 Å². The zero-order valence-electron chi connectivity index (χ0n) is 15.3. The molecule has 1 amide bonds. The van der Waals surface area contributed by atoms with Gasteiger partial charge in [-0.15, -0.1) is 12.4 Å². The molecule has 1 heterocycles. The highest BCUT2D eigenvalue weighted by Gasteiger charge is 2.30. The van der Waals surface area contributed by atoms with E-state index in [0.717, 1.165) is 43.6 Å². The summed E-state index contributed by atoms with van der Waals surface area (Å²) >= 11 is 0. The molecule has 1 aliphatic heterocycles. The summed E-state index contributed by atoms with van der Waals surface area (Å²) in [6.45, 7) is 3.71. The van der Waals surface area contributed by atoms with Crippen LogP contribution in [-0.4, -0.2) is 25.1 Å². The van der Waals surface area contributed by atoms with Gasteiger partial charge >= 0.3 is 6.18 Å². The maximum atomic E-state index is 12.8. The third kappa shape index (κ3) is 5.62. The smallest absolute Gasteiger partial charge is 0.416 e. The Morgan fingerprint density at radius 2 is 1.86 bits per heavy atom. The highest BCUT2D eigenvalue weighted by Crippen LogP contribution is 2.30. The van der Waals surface area contributed by atoms with E-state index in [1.807, 2.05) is 13.0 Å². The van der Waals surface area contributed by atoms with E-state index < -0.39 is 17.6 Å². The molecule has 1 saturated heterocycles. The van der Waals surface area contributed by atoms with Gasteiger partial charge in [-0.05, 0) is 62.7 Å². The maximum Gasteiger partial charge on any atom is 0.416 e. The number of hydrogen-bond donors (Lipinski definition) is 2. The zero-order chi connectivity index (χ0) is 19.4. The van der Waals surface area contributed by atoms with Crippen LogP contribution in [0.3, 0.4) is 0 Å². The Morgan fingerprint density at radius 1 is 1.14 bits per heavy atom. The van der Waals surface area contributed by atoms with E-state index in [0.29, 0.717) is 11.4 Å². The summed E-state index contributed by atoms with van der Waals surface area (Å²) in [7, 11) is 0. The number of halogens is 4. The van der Waals surface area contributed by atoms with E-state index in [1.54, 1.807) is 12.1 Å². The summed E-state index contributed by atoms with van der Waals surface area (Å²) in [5.41, 5.74) is 0.512. The van der Waals surface area contributed by atoms with Gasteiger partial charge in [0, 0.05) is 17.3 Å². The summed E-state index contributed by atoms with van der Waals surface area (Å²) in [4.78, 5) is 12.4. The largest absolute Gasteiger partial charge is 0.490 e. The molecule has 152 valence electrons. The Labute approximate surface area is 167 Å². The number of carbonyl (C=O) groups excluding carboxylic acids is 1. The Kier molecular flexibility index (Phi) is 7.32. The van der Waals surface area contributed by atoms with Gasteiger partial charge in [0.1, 0.15) is 11.9 Å². The number of nitrogens with one attached hydrogen (secondary N) is 2. The van der Waals surface area contributed by atoms with Crippen LogP contribution in [0.5, 0.6) is 5.75 Å². The van der Waals surface area contributed by atoms with Crippen molar-refractivity contribution in [2.24, 2.45) is 0 Å². The molecule has 1 aliphatic rings. The minimum Gasteiger partial charge on any atom is -0.490 e. The second-order valence-electron chi connectivity index (χ2n) is 6.58. The number of piperidine rings is 1. The normalized spacial score (nSPS) is 14.9. The van der Waals surface area contributed by atoms with Gasteiger partial charge in [0.25, 0.3) is 5.91 Å². The van der Waals surface area contributed by atoms with E-state index in [-0.39, 0.29) is 24.1 Å². The molecule has 0 spiro atoms. The summed E-state index contributed by atoms with van der Waals surface area (Å²) < 4.78 is 44.5. The number of amides is 1. The molecular formula is C20H22ClF3N2O2. The van der Waals surface area contributed by atoms with Crippen molar-refractivity contribution in [3.8, 4) is 5.75 Å². The van der Waals surface area contributed by atoms with Crippen LogP contribution in [0.1, 0.15) is 34.3 Å². The number of anilines is 1. The lowest BCUT2D eigenvalue weighted by Crippen LogP contribution is -2.34. The molecule has 2 aromatic rings. The first-order valence-electron chi connectivity index (χ1n) is 8.79. The topological polar surface area (TPSA) is 50.4 Å². The maximum absolute atomic E-state index is 12.8. The van der Waals surface area contributed by atoms with Crippen LogP contribution in [0.2, 0.25) is 0 Å². The molecule has 0 saturated carbocycles. The molecule has 28 heavy (non-hydrogen) atoms. The minimum absolute atomic E-state index is 0. The van der Waals surface area contributed by atoms with Crippen molar-refractivity contribution >= 4 is 24.0 Å². The number of ether oxygens (including phenoxy) is 1. The number of benzene rings is 2. The fourth-order valence-electron chi connectivity index (χ4n) is 2.94. The van der Waals surface area contributed by atoms with Crippen molar-refractivity contribution in [1.82, 2.24) is 5.32 Å². The molecule has 8 heteroatoms. The van der Waals surface area contributed by atoms with Gasteiger partial charge in [-0.2, -0.15) is 13.2 Å². The van der Waals surface area contributed by atoms with E-state index in [4.69, 9.17) is 4.74 Å². The number of rotatable bonds is 4. The number of hydrogen-bond acceptors (Lipinski definition) is 3. The van der Waals surface area contributed by atoms with Crippen LogP contribution < -0.4 is 15.4 Å². The molecule has 3 rings (SSSR count). The van der Waals surface area contributed by atoms with Gasteiger partial charge < -0.3 is 15.4 Å². The molecule has 2 N–H and O–H groups in total. The van der Waals surface area contributed by atoms with Crippen LogP contribution in [0.4, 0.5) is 18.9 Å². The molecule has 1 fully saturated rings. The highest BCUT2D eigenvalue weighted by molar-refractivity contribution is 6.04. The van der Waals surface area contributed by atoms with Crippen LogP contribution in [-0.2, 0) is 6.18 Å². The first-order chi connectivity index (χ1) is 12.8. The van der Waals surface area contributed by atoms with Crippen molar-refractivity contribution in [2.45, 2.75) is 32.0 Å². The Bertz CT molecular complexity index is 821. The Hall–Kier alpha value is -2.25. The SMILES string of the molecule is Cc1ccc(NC(=O)c2cccc(C(F)(F)F)c2)cc1OC1CCNCC1.Cl. The monoisotopic (exact) mass is 414 g/mol. The van der Waals surface area contributed by atoms with Crippen LogP contribution in [0.15, 0.2) is 42.5 Å². The second kappa shape index (κ2) is 9.30.